The van der Waals surface area contributed by atoms with Gasteiger partial charge < -0.3 is 10.6 Å². The van der Waals surface area contributed by atoms with E-state index >= 15 is 0 Å². The Balaban J connectivity index is 1.80. The number of hydrogen-bond acceptors (Lipinski definition) is 4. The third-order valence-electron chi connectivity index (χ3n) is 3.20. The number of carbonyl (C=O) groups excluding carboxylic acids is 2. The van der Waals surface area contributed by atoms with Gasteiger partial charge in [0.05, 0.1) is 18.5 Å². The molecule has 122 valence electrons. The van der Waals surface area contributed by atoms with E-state index in [1.165, 1.54) is 11.3 Å². The Hall–Kier alpha value is -2.21. The molecule has 2 aromatic rings. The first-order valence-corrected chi connectivity index (χ1v) is 8.60. The molecule has 5 nitrogen and oxygen atoms in total. The number of benzene rings is 1. The molecule has 0 aliphatic rings. The van der Waals surface area contributed by atoms with Crippen LogP contribution < -0.4 is 10.6 Å². The number of thiazole rings is 1. The van der Waals surface area contributed by atoms with Gasteiger partial charge in [0.2, 0.25) is 11.8 Å². The summed E-state index contributed by atoms with van der Waals surface area (Å²) in [5.41, 5.74) is 1.64. The molecule has 0 saturated heterocycles. The van der Waals surface area contributed by atoms with Gasteiger partial charge in [-0.25, -0.2) is 4.98 Å². The average molecular weight is 331 g/mol. The summed E-state index contributed by atoms with van der Waals surface area (Å²) < 4.78 is 0. The van der Waals surface area contributed by atoms with Crippen molar-refractivity contribution in [3.8, 4) is 0 Å². The van der Waals surface area contributed by atoms with Crippen LogP contribution in [0.15, 0.2) is 35.7 Å². The smallest absolute Gasteiger partial charge is 0.230 e. The summed E-state index contributed by atoms with van der Waals surface area (Å²) in [4.78, 5) is 28.0. The van der Waals surface area contributed by atoms with E-state index in [4.69, 9.17) is 0 Å². The summed E-state index contributed by atoms with van der Waals surface area (Å²) in [7, 11) is 0. The van der Waals surface area contributed by atoms with Gasteiger partial charge in [-0.15, -0.1) is 11.3 Å². The Morgan fingerprint density at radius 1 is 1.13 bits per heavy atom. The molecule has 1 heterocycles. The van der Waals surface area contributed by atoms with Gasteiger partial charge in [-0.3, -0.25) is 9.59 Å². The van der Waals surface area contributed by atoms with Gasteiger partial charge in [0.15, 0.2) is 5.13 Å². The van der Waals surface area contributed by atoms with Gasteiger partial charge in [-0.1, -0.05) is 43.7 Å². The van der Waals surface area contributed by atoms with Gasteiger partial charge in [0.25, 0.3) is 0 Å². The van der Waals surface area contributed by atoms with E-state index in [2.05, 4.69) is 22.5 Å². The number of nitrogens with zero attached hydrogens (tertiary/aromatic N) is 1. The van der Waals surface area contributed by atoms with E-state index in [1.54, 1.807) is 5.38 Å². The lowest BCUT2D eigenvalue weighted by Crippen LogP contribution is -2.26. The number of carbonyl (C=O) groups is 2. The van der Waals surface area contributed by atoms with Crippen molar-refractivity contribution in [1.29, 1.82) is 0 Å². The monoisotopic (exact) mass is 331 g/mol. The normalized spacial score (nSPS) is 10.3. The molecule has 6 heteroatoms. The van der Waals surface area contributed by atoms with Crippen molar-refractivity contribution in [2.75, 3.05) is 11.9 Å². The van der Waals surface area contributed by atoms with E-state index in [-0.39, 0.29) is 18.2 Å². The van der Waals surface area contributed by atoms with Crippen LogP contribution in [0.3, 0.4) is 0 Å². The van der Waals surface area contributed by atoms with Crippen molar-refractivity contribution in [2.24, 2.45) is 0 Å². The zero-order chi connectivity index (χ0) is 16.5. The maximum absolute atomic E-state index is 12.0. The van der Waals surface area contributed by atoms with Crippen molar-refractivity contribution < 1.29 is 9.59 Å². The van der Waals surface area contributed by atoms with E-state index in [0.29, 0.717) is 23.8 Å². The van der Waals surface area contributed by atoms with Crippen LogP contribution in [0.1, 0.15) is 31.0 Å². The van der Waals surface area contributed by atoms with Crippen LogP contribution in [0.2, 0.25) is 0 Å². The minimum absolute atomic E-state index is 0.0362. The summed E-state index contributed by atoms with van der Waals surface area (Å²) in [5.74, 6) is -0.143. The second-order valence-corrected chi connectivity index (χ2v) is 6.09. The largest absolute Gasteiger partial charge is 0.356 e. The Morgan fingerprint density at radius 2 is 1.91 bits per heavy atom. The lowest BCUT2D eigenvalue weighted by molar-refractivity contribution is -0.120. The summed E-state index contributed by atoms with van der Waals surface area (Å²) in [6.45, 7) is 2.77. The fourth-order valence-electron chi connectivity index (χ4n) is 2.02. The third-order valence-corrected chi connectivity index (χ3v) is 4.01. The number of anilines is 1. The average Bonchev–Trinajstić information content (AvgIpc) is 2.95. The molecule has 0 fully saturated rings. The maximum atomic E-state index is 12.0. The summed E-state index contributed by atoms with van der Waals surface area (Å²) in [6, 6.07) is 9.55. The first-order chi connectivity index (χ1) is 11.2. The molecule has 2 rings (SSSR count). The summed E-state index contributed by atoms with van der Waals surface area (Å²) in [5, 5.41) is 7.96. The second kappa shape index (κ2) is 9.05. The van der Waals surface area contributed by atoms with Crippen LogP contribution in [0.4, 0.5) is 5.13 Å². The zero-order valence-electron chi connectivity index (χ0n) is 13.2. The molecule has 0 aliphatic carbocycles. The first-order valence-electron chi connectivity index (χ1n) is 7.72. The Morgan fingerprint density at radius 3 is 2.65 bits per heavy atom. The number of aromatic nitrogens is 1. The molecule has 2 N–H and O–H groups in total. The molecule has 1 aromatic carbocycles. The highest BCUT2D eigenvalue weighted by atomic mass is 32.1. The van der Waals surface area contributed by atoms with Crippen LogP contribution in [0, 0.1) is 0 Å². The van der Waals surface area contributed by atoms with E-state index in [0.717, 1.165) is 18.4 Å². The second-order valence-electron chi connectivity index (χ2n) is 5.23. The van der Waals surface area contributed by atoms with Gasteiger partial charge in [0.1, 0.15) is 0 Å². The summed E-state index contributed by atoms with van der Waals surface area (Å²) >= 11 is 1.34. The van der Waals surface area contributed by atoms with Gasteiger partial charge in [0, 0.05) is 11.9 Å². The molecule has 0 aliphatic heterocycles. The van der Waals surface area contributed by atoms with Crippen LogP contribution in [0.25, 0.3) is 0 Å². The number of hydrogen-bond donors (Lipinski definition) is 2. The van der Waals surface area contributed by atoms with Crippen LogP contribution in [0.5, 0.6) is 0 Å². The molecule has 0 atom stereocenters. The minimum atomic E-state index is -0.107. The lowest BCUT2D eigenvalue weighted by atomic mass is 10.1. The molecule has 1 aromatic heterocycles. The fraction of sp³-hybridized carbons (Fsp3) is 0.353. The highest BCUT2D eigenvalue weighted by molar-refractivity contribution is 7.13. The molecule has 0 unspecified atom stereocenters. The molecule has 0 saturated carbocycles. The molecular weight excluding hydrogens is 310 g/mol. The maximum Gasteiger partial charge on any atom is 0.230 e. The fourth-order valence-corrected chi connectivity index (χ4v) is 2.75. The standard InChI is InChI=1S/C17H21N3O2S/c1-2-3-9-18-15(21)11-14-12-23-17(19-14)20-16(22)10-13-7-5-4-6-8-13/h4-8,12H,2-3,9-11H2,1H3,(H,18,21)(H,19,20,22). The molecule has 0 bridgehead atoms. The Kier molecular flexibility index (Phi) is 6.75. The van der Waals surface area contributed by atoms with Crippen molar-refractivity contribution in [3.63, 3.8) is 0 Å². The number of amides is 2. The Bertz CT molecular complexity index is 640. The number of rotatable bonds is 8. The van der Waals surface area contributed by atoms with Gasteiger partial charge >= 0.3 is 0 Å². The SMILES string of the molecule is CCCCNC(=O)Cc1csc(NC(=O)Cc2ccccc2)n1. The van der Waals surface area contributed by atoms with Gasteiger partial charge in [-0.05, 0) is 12.0 Å². The summed E-state index contributed by atoms with van der Waals surface area (Å²) in [6.07, 6.45) is 2.58. The van der Waals surface area contributed by atoms with E-state index < -0.39 is 0 Å². The van der Waals surface area contributed by atoms with Crippen LogP contribution in [-0.4, -0.2) is 23.3 Å². The molecule has 0 spiro atoms. The van der Waals surface area contributed by atoms with Crippen LogP contribution >= 0.6 is 11.3 Å². The molecule has 0 radical (unpaired) electrons. The third kappa shape index (κ3) is 6.20. The van der Waals surface area contributed by atoms with E-state index in [9.17, 15) is 9.59 Å². The van der Waals surface area contributed by atoms with E-state index in [1.807, 2.05) is 30.3 Å². The lowest BCUT2D eigenvalue weighted by Gasteiger charge is -2.02. The highest BCUT2D eigenvalue weighted by Crippen LogP contribution is 2.16. The predicted molar refractivity (Wildman–Crippen MR) is 92.5 cm³/mol. The highest BCUT2D eigenvalue weighted by Gasteiger charge is 2.10. The molecular formula is C17H21N3O2S. The van der Waals surface area contributed by atoms with Crippen molar-refractivity contribution >= 4 is 28.3 Å². The zero-order valence-corrected chi connectivity index (χ0v) is 14.0. The number of nitrogens with one attached hydrogen (secondary N) is 2. The molecule has 2 amide bonds. The van der Waals surface area contributed by atoms with Crippen molar-refractivity contribution in [3.05, 3.63) is 47.0 Å². The quantitative estimate of drug-likeness (QED) is 0.731. The Labute approximate surface area is 140 Å². The van der Waals surface area contributed by atoms with Crippen LogP contribution in [-0.2, 0) is 22.4 Å². The predicted octanol–water partition coefficient (Wildman–Crippen LogP) is 2.78. The molecule has 23 heavy (non-hydrogen) atoms. The number of unbranched alkanes of at least 4 members (excludes halogenated alkanes) is 1. The topological polar surface area (TPSA) is 71.1 Å². The van der Waals surface area contributed by atoms with Crippen molar-refractivity contribution in [2.45, 2.75) is 32.6 Å². The van der Waals surface area contributed by atoms with Crippen molar-refractivity contribution in [1.82, 2.24) is 10.3 Å². The first kappa shape index (κ1) is 17.1. The van der Waals surface area contributed by atoms with Gasteiger partial charge in [-0.2, -0.15) is 0 Å². The minimum Gasteiger partial charge on any atom is -0.356 e.